The van der Waals surface area contributed by atoms with Gasteiger partial charge in [0.2, 0.25) is 0 Å². The van der Waals surface area contributed by atoms with Gasteiger partial charge in [-0.3, -0.25) is 4.99 Å². The molecule has 27 heavy (non-hydrogen) atoms. The summed E-state index contributed by atoms with van der Waals surface area (Å²) in [7, 11) is 3.37. The maximum absolute atomic E-state index is 12.5. The largest absolute Gasteiger partial charge is 0.434 e. The third kappa shape index (κ3) is 8.14. The summed E-state index contributed by atoms with van der Waals surface area (Å²) in [6.45, 7) is 1.14. The minimum atomic E-state index is -2.84. The van der Waals surface area contributed by atoms with Gasteiger partial charge in [0.1, 0.15) is 5.75 Å². The van der Waals surface area contributed by atoms with Gasteiger partial charge in [0, 0.05) is 45.3 Å². The van der Waals surface area contributed by atoms with Gasteiger partial charge in [-0.05, 0) is 12.5 Å². The summed E-state index contributed by atoms with van der Waals surface area (Å²) in [5.74, 6) is 1.37. The van der Waals surface area contributed by atoms with Gasteiger partial charge >= 0.3 is 6.61 Å². The van der Waals surface area contributed by atoms with Crippen molar-refractivity contribution in [3.05, 3.63) is 29.8 Å². The molecular weight excluding hydrogens is 471 g/mol. The molecule has 1 aliphatic rings. The molecule has 1 heterocycles. The molecule has 1 fully saturated rings. The Kier molecular flexibility index (Phi) is 11.5. The van der Waals surface area contributed by atoms with Crippen LogP contribution in [0.5, 0.6) is 5.75 Å². The third-order valence-electron chi connectivity index (χ3n) is 4.21. The Morgan fingerprint density at radius 3 is 2.81 bits per heavy atom. The molecule has 0 saturated carbocycles. The van der Waals surface area contributed by atoms with Crippen LogP contribution < -0.4 is 10.1 Å². The fourth-order valence-corrected chi connectivity index (χ4v) is 2.92. The Balaban J connectivity index is 0.00000364. The number of aliphatic imine (C=N–C) groups is 1. The second-order valence-electron chi connectivity index (χ2n) is 6.06. The Hall–Kier alpha value is -1.20. The Labute approximate surface area is 176 Å². The highest BCUT2D eigenvalue weighted by Gasteiger charge is 2.25. The van der Waals surface area contributed by atoms with Crippen LogP contribution in [0.15, 0.2) is 29.3 Å². The molecule has 0 aliphatic carbocycles. The number of rotatable bonds is 9. The SMILES string of the molecule is CN=C(NCc1ccccc1OC(F)F)N1CCC(COCCOC)C1.I. The molecule has 1 saturated heterocycles. The van der Waals surface area contributed by atoms with Gasteiger partial charge in [-0.2, -0.15) is 8.78 Å². The van der Waals surface area contributed by atoms with Crippen molar-refractivity contribution < 1.29 is 23.0 Å². The van der Waals surface area contributed by atoms with Crippen molar-refractivity contribution in [3.63, 3.8) is 0 Å². The molecule has 154 valence electrons. The number of nitrogens with one attached hydrogen (secondary N) is 1. The van der Waals surface area contributed by atoms with E-state index in [0.29, 0.717) is 37.8 Å². The van der Waals surface area contributed by atoms with Crippen LogP contribution in [-0.2, 0) is 16.0 Å². The normalized spacial score (nSPS) is 17.1. The number of hydrogen-bond acceptors (Lipinski definition) is 4. The van der Waals surface area contributed by atoms with Crippen LogP contribution in [0.25, 0.3) is 0 Å². The second kappa shape index (κ2) is 13.1. The number of likely N-dealkylation sites (tertiary alicyclic amines) is 1. The molecule has 1 aromatic carbocycles. The van der Waals surface area contributed by atoms with E-state index in [9.17, 15) is 8.78 Å². The third-order valence-corrected chi connectivity index (χ3v) is 4.21. The summed E-state index contributed by atoms with van der Waals surface area (Å²) in [4.78, 5) is 6.46. The van der Waals surface area contributed by atoms with Crippen molar-refractivity contribution in [1.82, 2.24) is 10.2 Å². The first-order chi connectivity index (χ1) is 12.6. The number of alkyl halides is 2. The van der Waals surface area contributed by atoms with Crippen molar-refractivity contribution >= 4 is 29.9 Å². The number of methoxy groups -OCH3 is 1. The van der Waals surface area contributed by atoms with Gasteiger partial charge in [0.15, 0.2) is 5.96 Å². The van der Waals surface area contributed by atoms with E-state index in [-0.39, 0.29) is 29.7 Å². The molecule has 1 aromatic rings. The maximum Gasteiger partial charge on any atom is 0.387 e. The molecule has 1 aliphatic heterocycles. The number of halogens is 3. The van der Waals surface area contributed by atoms with Crippen LogP contribution >= 0.6 is 24.0 Å². The zero-order valence-electron chi connectivity index (χ0n) is 15.7. The van der Waals surface area contributed by atoms with E-state index in [2.05, 4.69) is 19.9 Å². The summed E-state index contributed by atoms with van der Waals surface area (Å²) in [5, 5.41) is 3.23. The topological polar surface area (TPSA) is 55.3 Å². The van der Waals surface area contributed by atoms with Crippen molar-refractivity contribution in [3.8, 4) is 5.75 Å². The average molecular weight is 499 g/mol. The molecule has 9 heteroatoms. The number of ether oxygens (including phenoxy) is 3. The van der Waals surface area contributed by atoms with Crippen LogP contribution in [0.2, 0.25) is 0 Å². The fraction of sp³-hybridized carbons (Fsp3) is 0.611. The van der Waals surface area contributed by atoms with Gasteiger partial charge in [0.25, 0.3) is 0 Å². The number of nitrogens with zero attached hydrogens (tertiary/aromatic N) is 2. The number of para-hydroxylation sites is 1. The Bertz CT molecular complexity index is 579. The molecule has 1 unspecified atom stereocenters. The molecule has 0 spiro atoms. The quantitative estimate of drug-likeness (QED) is 0.245. The van der Waals surface area contributed by atoms with E-state index in [1.165, 1.54) is 6.07 Å². The van der Waals surface area contributed by atoms with E-state index in [0.717, 1.165) is 25.5 Å². The highest BCUT2D eigenvalue weighted by Crippen LogP contribution is 2.21. The average Bonchev–Trinajstić information content (AvgIpc) is 3.09. The zero-order chi connectivity index (χ0) is 18.8. The van der Waals surface area contributed by atoms with Crippen molar-refractivity contribution in [2.75, 3.05) is 47.1 Å². The first kappa shape index (κ1) is 23.8. The van der Waals surface area contributed by atoms with Crippen LogP contribution in [-0.4, -0.2) is 64.5 Å². The van der Waals surface area contributed by atoms with Crippen molar-refractivity contribution in [2.45, 2.75) is 19.6 Å². The molecule has 1 atom stereocenters. The highest BCUT2D eigenvalue weighted by atomic mass is 127. The molecule has 0 amide bonds. The van der Waals surface area contributed by atoms with E-state index < -0.39 is 6.61 Å². The lowest BCUT2D eigenvalue weighted by Crippen LogP contribution is -2.40. The van der Waals surface area contributed by atoms with Crippen LogP contribution in [0.1, 0.15) is 12.0 Å². The molecule has 0 radical (unpaired) electrons. The second-order valence-corrected chi connectivity index (χ2v) is 6.06. The first-order valence-corrected chi connectivity index (χ1v) is 8.69. The molecular formula is C18H28F2IN3O3. The van der Waals surface area contributed by atoms with E-state index in [1.54, 1.807) is 32.4 Å². The summed E-state index contributed by atoms with van der Waals surface area (Å²) in [6, 6.07) is 6.76. The van der Waals surface area contributed by atoms with Crippen molar-refractivity contribution in [1.29, 1.82) is 0 Å². The van der Waals surface area contributed by atoms with Crippen LogP contribution in [0, 0.1) is 5.92 Å². The molecule has 1 N–H and O–H groups in total. The standard InChI is InChI=1S/C18H27F2N3O3.HI/c1-21-18(23-8-7-14(12-23)13-25-10-9-24-2)22-11-15-5-3-4-6-16(15)26-17(19)20;/h3-6,14,17H,7-13H2,1-2H3,(H,21,22);1H. The van der Waals surface area contributed by atoms with E-state index in [4.69, 9.17) is 9.47 Å². The summed E-state index contributed by atoms with van der Waals surface area (Å²) < 4.78 is 40.2. The Morgan fingerprint density at radius 1 is 1.33 bits per heavy atom. The first-order valence-electron chi connectivity index (χ1n) is 8.69. The Morgan fingerprint density at radius 2 is 2.11 bits per heavy atom. The van der Waals surface area contributed by atoms with Crippen LogP contribution in [0.4, 0.5) is 8.78 Å². The number of benzene rings is 1. The smallest absolute Gasteiger partial charge is 0.387 e. The van der Waals surface area contributed by atoms with Gasteiger partial charge in [-0.25, -0.2) is 0 Å². The lowest BCUT2D eigenvalue weighted by atomic mass is 10.1. The van der Waals surface area contributed by atoms with Gasteiger partial charge in [-0.1, -0.05) is 18.2 Å². The number of guanidine groups is 1. The lowest BCUT2D eigenvalue weighted by Gasteiger charge is -2.22. The minimum absolute atomic E-state index is 0. The summed E-state index contributed by atoms with van der Waals surface area (Å²) in [6.07, 6.45) is 1.03. The van der Waals surface area contributed by atoms with E-state index >= 15 is 0 Å². The number of hydrogen-bond donors (Lipinski definition) is 1. The molecule has 0 bridgehead atoms. The zero-order valence-corrected chi connectivity index (χ0v) is 18.0. The predicted octanol–water partition coefficient (Wildman–Crippen LogP) is 2.97. The molecule has 0 aromatic heterocycles. The molecule has 2 rings (SSSR count). The fourth-order valence-electron chi connectivity index (χ4n) is 2.92. The summed E-state index contributed by atoms with van der Waals surface area (Å²) in [5.41, 5.74) is 0.660. The maximum atomic E-state index is 12.5. The van der Waals surface area contributed by atoms with E-state index in [1.807, 2.05) is 0 Å². The van der Waals surface area contributed by atoms with Gasteiger partial charge < -0.3 is 24.4 Å². The summed E-state index contributed by atoms with van der Waals surface area (Å²) >= 11 is 0. The van der Waals surface area contributed by atoms with Gasteiger partial charge in [0.05, 0.1) is 19.8 Å². The predicted molar refractivity (Wildman–Crippen MR) is 111 cm³/mol. The highest BCUT2D eigenvalue weighted by molar-refractivity contribution is 14.0. The lowest BCUT2D eigenvalue weighted by molar-refractivity contribution is -0.0504. The molecule has 6 nitrogen and oxygen atoms in total. The minimum Gasteiger partial charge on any atom is -0.434 e. The van der Waals surface area contributed by atoms with Gasteiger partial charge in [-0.15, -0.1) is 24.0 Å². The van der Waals surface area contributed by atoms with Crippen LogP contribution in [0.3, 0.4) is 0 Å². The van der Waals surface area contributed by atoms with Crippen molar-refractivity contribution in [2.24, 2.45) is 10.9 Å². The monoisotopic (exact) mass is 499 g/mol.